The average Bonchev–Trinajstić information content (AvgIpc) is 3.25. The van der Waals surface area contributed by atoms with E-state index in [0.717, 1.165) is 7.11 Å². The average molecular weight is 585 g/mol. The third-order valence-electron chi connectivity index (χ3n) is 7.79. The Morgan fingerprint density at radius 2 is 1.95 bits per heavy atom. The van der Waals surface area contributed by atoms with E-state index in [2.05, 4.69) is 26.9 Å². The molecule has 6 atom stereocenters. The number of hydrogen-bond acceptors (Lipinski definition) is 8. The molecule has 0 aliphatic carbocycles. The summed E-state index contributed by atoms with van der Waals surface area (Å²) in [5, 5.41) is 17.4. The van der Waals surface area contributed by atoms with E-state index < -0.39 is 53.8 Å². The number of rotatable bonds is 6. The van der Waals surface area contributed by atoms with Gasteiger partial charge in [0.25, 0.3) is 0 Å². The number of ether oxygens (including phenoxy) is 2. The molecule has 4 rings (SSSR count). The van der Waals surface area contributed by atoms with Crippen LogP contribution in [0.1, 0.15) is 51.7 Å². The number of carbonyl (C=O) groups excluding carboxylic acids is 2. The molecule has 0 bridgehead atoms. The maximum absolute atomic E-state index is 16.1. The van der Waals surface area contributed by atoms with E-state index in [1.165, 1.54) is 29.2 Å². The number of carbonyl (C=O) groups is 2. The number of hydrazine groups is 1. The van der Waals surface area contributed by atoms with Crippen molar-refractivity contribution in [2.45, 2.75) is 81.8 Å². The lowest BCUT2D eigenvalue weighted by molar-refractivity contribution is -0.215. The minimum atomic E-state index is -4.58. The van der Waals surface area contributed by atoms with Gasteiger partial charge < -0.3 is 25.0 Å². The van der Waals surface area contributed by atoms with Gasteiger partial charge in [0.2, 0.25) is 5.91 Å². The van der Waals surface area contributed by atoms with Crippen LogP contribution in [0.5, 0.6) is 0 Å². The standard InChI is InChI=1S/C27H36F4N6O4/c1-25(2,3)41-24(39)36-14-11-26(10-12-32,19(28)15-36)37-18-9-13-33-23(38)20(18)22(35-37)34-17-7-5-16(6-8-17)21(40-4)27(29,30)31/h5-8,18-22,34-35H,9-11,13-15H2,1-4H3,(H,33,38)/t18?,19-,20?,21?,22?,26+/m1/s1. The number of halogens is 4. The van der Waals surface area contributed by atoms with Crippen LogP contribution in [-0.2, 0) is 14.3 Å². The van der Waals surface area contributed by atoms with Gasteiger partial charge in [-0.3, -0.25) is 4.79 Å². The highest BCUT2D eigenvalue weighted by Gasteiger charge is 2.58. The van der Waals surface area contributed by atoms with Crippen molar-refractivity contribution in [1.29, 1.82) is 5.26 Å². The zero-order valence-corrected chi connectivity index (χ0v) is 23.4. The lowest BCUT2D eigenvalue weighted by Gasteiger charge is -2.50. The molecule has 0 saturated carbocycles. The van der Waals surface area contributed by atoms with Gasteiger partial charge in [0, 0.05) is 31.9 Å². The lowest BCUT2D eigenvalue weighted by Crippen LogP contribution is -2.68. The largest absolute Gasteiger partial charge is 0.444 e. The van der Waals surface area contributed by atoms with E-state index in [1.807, 2.05) is 0 Å². The molecule has 0 spiro atoms. The molecule has 3 fully saturated rings. The molecule has 3 saturated heterocycles. The number of hydrogen-bond donors (Lipinski definition) is 3. The Labute approximate surface area is 236 Å². The van der Waals surface area contributed by atoms with Crippen LogP contribution in [0.25, 0.3) is 0 Å². The Bertz CT molecular complexity index is 1150. The quantitative estimate of drug-likeness (QED) is 0.434. The molecular formula is C27H36F4N6O4. The van der Waals surface area contributed by atoms with Crippen LogP contribution < -0.4 is 16.1 Å². The first-order valence-corrected chi connectivity index (χ1v) is 13.5. The summed E-state index contributed by atoms with van der Waals surface area (Å²) in [6.07, 6.45) is -9.25. The number of likely N-dealkylation sites (tertiary alicyclic amines) is 1. The fraction of sp³-hybridized carbons (Fsp3) is 0.667. The van der Waals surface area contributed by atoms with Crippen LogP contribution in [0.15, 0.2) is 24.3 Å². The third kappa shape index (κ3) is 6.37. The number of methoxy groups -OCH3 is 1. The second kappa shape index (κ2) is 11.6. The number of alkyl halides is 4. The van der Waals surface area contributed by atoms with Crippen molar-refractivity contribution in [3.05, 3.63) is 29.8 Å². The second-order valence-corrected chi connectivity index (χ2v) is 11.7. The summed E-state index contributed by atoms with van der Waals surface area (Å²) in [6, 6.07) is 7.11. The Balaban J connectivity index is 1.57. The summed E-state index contributed by atoms with van der Waals surface area (Å²) in [5.74, 6) is -0.951. The van der Waals surface area contributed by atoms with Crippen molar-refractivity contribution in [1.82, 2.24) is 20.7 Å². The SMILES string of the molecule is COC(c1ccc(NC2NN([C@@]3(CC#N)CCN(C(=O)OC(C)(C)C)C[C@H]3F)C3CCNC(=O)C23)cc1)C(F)(F)F. The van der Waals surface area contributed by atoms with Crippen molar-refractivity contribution in [2.75, 3.05) is 32.1 Å². The van der Waals surface area contributed by atoms with Crippen LogP contribution in [-0.4, -0.2) is 84.3 Å². The van der Waals surface area contributed by atoms with Crippen molar-refractivity contribution in [3.8, 4) is 6.07 Å². The Morgan fingerprint density at radius 3 is 2.51 bits per heavy atom. The van der Waals surface area contributed by atoms with Gasteiger partial charge in [-0.15, -0.1) is 0 Å². The number of benzene rings is 1. The van der Waals surface area contributed by atoms with Crippen LogP contribution in [0.2, 0.25) is 0 Å². The number of nitrogens with one attached hydrogen (secondary N) is 3. The molecule has 1 aromatic rings. The minimum absolute atomic E-state index is 0.0789. The van der Waals surface area contributed by atoms with E-state index in [-0.39, 0.29) is 37.4 Å². The summed E-state index contributed by atoms with van der Waals surface area (Å²) in [7, 11) is 0.983. The summed E-state index contributed by atoms with van der Waals surface area (Å²) in [5.41, 5.74) is 1.50. The number of anilines is 1. The molecular weight excluding hydrogens is 548 g/mol. The van der Waals surface area contributed by atoms with Crippen molar-refractivity contribution in [2.24, 2.45) is 5.92 Å². The molecule has 226 valence electrons. The second-order valence-electron chi connectivity index (χ2n) is 11.7. The van der Waals surface area contributed by atoms with Crippen molar-refractivity contribution in [3.63, 3.8) is 0 Å². The lowest BCUT2D eigenvalue weighted by atomic mass is 9.80. The summed E-state index contributed by atoms with van der Waals surface area (Å²) >= 11 is 0. The number of nitrogens with zero attached hydrogens (tertiary/aromatic N) is 3. The summed E-state index contributed by atoms with van der Waals surface area (Å²) < 4.78 is 66.0. The van der Waals surface area contributed by atoms with Gasteiger partial charge in [-0.05, 0) is 51.3 Å². The van der Waals surface area contributed by atoms with Crippen LogP contribution in [0.4, 0.5) is 28.0 Å². The monoisotopic (exact) mass is 584 g/mol. The maximum atomic E-state index is 16.1. The van der Waals surface area contributed by atoms with E-state index in [1.54, 1.807) is 25.8 Å². The van der Waals surface area contributed by atoms with Crippen molar-refractivity contribution >= 4 is 17.7 Å². The van der Waals surface area contributed by atoms with Gasteiger partial charge in [-0.25, -0.2) is 19.6 Å². The van der Waals surface area contributed by atoms with E-state index in [4.69, 9.17) is 4.74 Å². The first kappa shape index (κ1) is 30.8. The van der Waals surface area contributed by atoms with E-state index >= 15 is 4.39 Å². The molecule has 41 heavy (non-hydrogen) atoms. The molecule has 0 aromatic heterocycles. The van der Waals surface area contributed by atoms with Gasteiger partial charge in [0.05, 0.1) is 30.5 Å². The zero-order chi connectivity index (χ0) is 30.2. The van der Waals surface area contributed by atoms with E-state index in [0.29, 0.717) is 18.7 Å². The Morgan fingerprint density at radius 1 is 1.27 bits per heavy atom. The summed E-state index contributed by atoms with van der Waals surface area (Å²) in [4.78, 5) is 26.9. The van der Waals surface area contributed by atoms with Gasteiger partial charge in [-0.1, -0.05) is 12.1 Å². The summed E-state index contributed by atoms with van der Waals surface area (Å²) in [6.45, 7) is 5.39. The van der Waals surface area contributed by atoms with Gasteiger partial charge in [-0.2, -0.15) is 18.4 Å². The van der Waals surface area contributed by atoms with Crippen LogP contribution >= 0.6 is 0 Å². The molecule has 3 N–H and O–H groups in total. The highest BCUT2D eigenvalue weighted by atomic mass is 19.4. The first-order chi connectivity index (χ1) is 19.2. The molecule has 2 amide bonds. The number of amides is 2. The predicted octanol–water partition coefficient (Wildman–Crippen LogP) is 3.63. The predicted molar refractivity (Wildman–Crippen MR) is 140 cm³/mol. The molecule has 10 nitrogen and oxygen atoms in total. The van der Waals surface area contributed by atoms with Crippen molar-refractivity contribution < 1.29 is 36.6 Å². The smallest absolute Gasteiger partial charge is 0.418 e. The van der Waals surface area contributed by atoms with Gasteiger partial charge in [0.15, 0.2) is 6.10 Å². The molecule has 0 radical (unpaired) electrons. The number of piperidine rings is 2. The molecule has 14 heteroatoms. The first-order valence-electron chi connectivity index (χ1n) is 13.5. The third-order valence-corrected chi connectivity index (χ3v) is 7.79. The molecule has 4 unspecified atom stereocenters. The van der Waals surface area contributed by atoms with Crippen LogP contribution in [0, 0.1) is 17.2 Å². The highest BCUT2D eigenvalue weighted by molar-refractivity contribution is 5.82. The number of fused-ring (bicyclic) bond motifs is 1. The molecule has 3 aliphatic rings. The Hall–Kier alpha value is -3.15. The fourth-order valence-corrected chi connectivity index (χ4v) is 5.90. The van der Waals surface area contributed by atoms with E-state index in [9.17, 15) is 28.0 Å². The Kier molecular flexibility index (Phi) is 8.73. The number of nitriles is 1. The fourth-order valence-electron chi connectivity index (χ4n) is 5.90. The zero-order valence-electron chi connectivity index (χ0n) is 23.4. The molecule has 3 heterocycles. The molecule has 1 aromatic carbocycles. The molecule has 3 aliphatic heterocycles. The highest BCUT2D eigenvalue weighted by Crippen LogP contribution is 2.42. The van der Waals surface area contributed by atoms with Gasteiger partial charge in [0.1, 0.15) is 17.9 Å². The normalized spacial score (nSPS) is 29.7. The van der Waals surface area contributed by atoms with Crippen LogP contribution in [0.3, 0.4) is 0 Å². The topological polar surface area (TPSA) is 119 Å². The maximum Gasteiger partial charge on any atom is 0.418 e. The minimum Gasteiger partial charge on any atom is -0.444 e. The van der Waals surface area contributed by atoms with Gasteiger partial charge >= 0.3 is 12.3 Å².